The Bertz CT molecular complexity index is 820. The minimum Gasteiger partial charge on any atom is -0.454 e. The molecule has 1 heterocycles. The van der Waals surface area contributed by atoms with E-state index in [-0.39, 0.29) is 18.6 Å². The van der Waals surface area contributed by atoms with Crippen molar-refractivity contribution in [1.29, 1.82) is 0 Å². The molecule has 1 atom stereocenters. The molecular weight excluding hydrogens is 334 g/mol. The number of fused-ring (bicyclic) bond motifs is 1. The van der Waals surface area contributed by atoms with Crippen LogP contribution in [0, 0.1) is 0 Å². The highest BCUT2D eigenvalue weighted by molar-refractivity contribution is 5.97. The van der Waals surface area contributed by atoms with Gasteiger partial charge in [0.25, 0.3) is 0 Å². The van der Waals surface area contributed by atoms with E-state index >= 15 is 0 Å². The van der Waals surface area contributed by atoms with Gasteiger partial charge in [-0.15, -0.1) is 0 Å². The summed E-state index contributed by atoms with van der Waals surface area (Å²) in [6.07, 6.45) is 0.397. The molecule has 1 unspecified atom stereocenters. The van der Waals surface area contributed by atoms with Crippen LogP contribution >= 0.6 is 0 Å². The number of hydrogen-bond acceptors (Lipinski definition) is 5. The minimum atomic E-state index is -0.683. The minimum absolute atomic E-state index is 0.130. The number of ether oxygens (including phenoxy) is 2. The third-order valence-corrected chi connectivity index (χ3v) is 4.12. The predicted octanol–water partition coefficient (Wildman–Crippen LogP) is 1.91. The summed E-state index contributed by atoms with van der Waals surface area (Å²) in [6.45, 7) is 1.64. The van der Waals surface area contributed by atoms with Gasteiger partial charge in [-0.2, -0.15) is 0 Å². The lowest BCUT2D eigenvalue weighted by Gasteiger charge is -2.22. The number of amides is 2. The van der Waals surface area contributed by atoms with Crippen molar-refractivity contribution in [3.8, 4) is 11.5 Å². The summed E-state index contributed by atoms with van der Waals surface area (Å²) < 4.78 is 10.6. The van der Waals surface area contributed by atoms with Crippen molar-refractivity contribution < 1.29 is 19.1 Å². The zero-order chi connectivity index (χ0) is 18.7. The van der Waals surface area contributed by atoms with Gasteiger partial charge in [-0.3, -0.25) is 9.59 Å². The molecule has 0 aliphatic carbocycles. The molecule has 3 rings (SSSR count). The summed E-state index contributed by atoms with van der Waals surface area (Å²) in [5.74, 6) is 0.951. The number of nitrogens with one attached hydrogen (secondary N) is 1. The number of rotatable bonds is 5. The van der Waals surface area contributed by atoms with Crippen molar-refractivity contribution in [1.82, 2.24) is 0 Å². The normalized spacial score (nSPS) is 13.2. The summed E-state index contributed by atoms with van der Waals surface area (Å²) in [6, 6.07) is 11.9. The molecule has 0 fully saturated rings. The lowest BCUT2D eigenvalue weighted by molar-refractivity contribution is -0.119. The fourth-order valence-electron chi connectivity index (χ4n) is 2.74. The van der Waals surface area contributed by atoms with Crippen LogP contribution in [0.15, 0.2) is 42.5 Å². The monoisotopic (exact) mass is 355 g/mol. The maximum Gasteiger partial charge on any atom is 0.243 e. The van der Waals surface area contributed by atoms with Gasteiger partial charge in [0, 0.05) is 31.4 Å². The Hall–Kier alpha value is -3.06. The second-order valence-corrected chi connectivity index (χ2v) is 6.12. The van der Waals surface area contributed by atoms with Crippen LogP contribution in [-0.2, 0) is 16.0 Å². The molecule has 2 aromatic carbocycles. The molecule has 2 aromatic rings. The first-order valence-corrected chi connectivity index (χ1v) is 8.23. The number of nitrogens with two attached hydrogens (primary N) is 1. The lowest BCUT2D eigenvalue weighted by Crippen LogP contribution is -2.43. The van der Waals surface area contributed by atoms with Gasteiger partial charge in [-0.05, 0) is 36.2 Å². The fourth-order valence-corrected chi connectivity index (χ4v) is 2.74. The Morgan fingerprint density at radius 1 is 1.15 bits per heavy atom. The molecule has 7 nitrogen and oxygen atoms in total. The summed E-state index contributed by atoms with van der Waals surface area (Å²) in [7, 11) is 1.68. The van der Waals surface area contributed by atoms with Gasteiger partial charge < -0.3 is 25.4 Å². The molecule has 0 spiro atoms. The van der Waals surface area contributed by atoms with Gasteiger partial charge in [0.2, 0.25) is 18.6 Å². The number of hydrogen-bond donors (Lipinski definition) is 2. The van der Waals surface area contributed by atoms with E-state index in [0.29, 0.717) is 29.3 Å². The van der Waals surface area contributed by atoms with Crippen LogP contribution in [0.5, 0.6) is 11.5 Å². The molecule has 0 saturated heterocycles. The Morgan fingerprint density at radius 3 is 2.54 bits per heavy atom. The maximum atomic E-state index is 12.6. The zero-order valence-corrected chi connectivity index (χ0v) is 14.7. The number of carbonyl (C=O) groups is 2. The molecule has 3 N–H and O–H groups in total. The van der Waals surface area contributed by atoms with Crippen LogP contribution in [0.1, 0.15) is 12.5 Å². The van der Waals surface area contributed by atoms with Crippen LogP contribution in [-0.4, -0.2) is 31.7 Å². The summed E-state index contributed by atoms with van der Waals surface area (Å²) in [4.78, 5) is 25.2. The Kier molecular flexibility index (Phi) is 5.09. The molecule has 0 aromatic heterocycles. The standard InChI is InChI=1S/C19H21N3O4/c1-12(23)21-14-5-3-13(4-6-14)9-16(20)19(24)22(2)15-7-8-17-18(10-15)26-11-25-17/h3-8,10,16H,9,11,20H2,1-2H3,(H,21,23). The molecule has 1 aliphatic heterocycles. The van der Waals surface area contributed by atoms with Gasteiger partial charge in [0.1, 0.15) is 0 Å². The quantitative estimate of drug-likeness (QED) is 0.854. The van der Waals surface area contributed by atoms with Crippen molar-refractivity contribution in [2.24, 2.45) is 5.73 Å². The van der Waals surface area contributed by atoms with Crippen LogP contribution in [0.25, 0.3) is 0 Å². The highest BCUT2D eigenvalue weighted by Crippen LogP contribution is 2.35. The second-order valence-electron chi connectivity index (χ2n) is 6.12. The van der Waals surface area contributed by atoms with Crippen molar-refractivity contribution >= 4 is 23.2 Å². The van der Waals surface area contributed by atoms with Crippen LogP contribution in [0.2, 0.25) is 0 Å². The van der Waals surface area contributed by atoms with Crippen LogP contribution in [0.4, 0.5) is 11.4 Å². The van der Waals surface area contributed by atoms with Crippen LogP contribution in [0.3, 0.4) is 0 Å². The zero-order valence-electron chi connectivity index (χ0n) is 14.7. The van der Waals surface area contributed by atoms with Crippen molar-refractivity contribution in [3.63, 3.8) is 0 Å². The van der Waals surface area contributed by atoms with E-state index < -0.39 is 6.04 Å². The maximum absolute atomic E-state index is 12.6. The summed E-state index contributed by atoms with van der Waals surface area (Å²) >= 11 is 0. The van der Waals surface area contributed by atoms with E-state index in [1.165, 1.54) is 11.8 Å². The first kappa shape index (κ1) is 17.8. The van der Waals surface area contributed by atoms with E-state index in [9.17, 15) is 9.59 Å². The largest absolute Gasteiger partial charge is 0.454 e. The Balaban J connectivity index is 1.64. The Labute approximate surface area is 151 Å². The number of nitrogens with zero attached hydrogens (tertiary/aromatic N) is 1. The molecule has 0 saturated carbocycles. The van der Waals surface area contributed by atoms with Crippen molar-refractivity contribution in [2.45, 2.75) is 19.4 Å². The van der Waals surface area contributed by atoms with E-state index in [2.05, 4.69) is 5.32 Å². The van der Waals surface area contributed by atoms with E-state index in [1.54, 1.807) is 37.4 Å². The van der Waals surface area contributed by atoms with Crippen LogP contribution < -0.4 is 25.4 Å². The number of benzene rings is 2. The van der Waals surface area contributed by atoms with E-state index in [1.807, 2.05) is 12.1 Å². The topological polar surface area (TPSA) is 93.9 Å². The molecule has 26 heavy (non-hydrogen) atoms. The number of anilines is 2. The Morgan fingerprint density at radius 2 is 1.85 bits per heavy atom. The van der Waals surface area contributed by atoms with Gasteiger partial charge in [0.15, 0.2) is 11.5 Å². The van der Waals surface area contributed by atoms with Gasteiger partial charge in [-0.25, -0.2) is 0 Å². The smallest absolute Gasteiger partial charge is 0.243 e. The number of carbonyl (C=O) groups excluding carboxylic acids is 2. The summed E-state index contributed by atoms with van der Waals surface area (Å²) in [5, 5.41) is 2.70. The van der Waals surface area contributed by atoms with Crippen molar-refractivity contribution in [3.05, 3.63) is 48.0 Å². The molecule has 7 heteroatoms. The first-order chi connectivity index (χ1) is 12.4. The predicted molar refractivity (Wildman–Crippen MR) is 98.4 cm³/mol. The van der Waals surface area contributed by atoms with Gasteiger partial charge in [0.05, 0.1) is 6.04 Å². The fraction of sp³-hybridized carbons (Fsp3) is 0.263. The van der Waals surface area contributed by atoms with Crippen molar-refractivity contribution in [2.75, 3.05) is 24.1 Å². The highest BCUT2D eigenvalue weighted by Gasteiger charge is 2.22. The molecule has 136 valence electrons. The molecule has 2 amide bonds. The second kappa shape index (κ2) is 7.45. The molecular formula is C19H21N3O4. The third-order valence-electron chi connectivity index (χ3n) is 4.12. The van der Waals surface area contributed by atoms with Gasteiger partial charge >= 0.3 is 0 Å². The third kappa shape index (κ3) is 3.94. The highest BCUT2D eigenvalue weighted by atomic mass is 16.7. The SMILES string of the molecule is CC(=O)Nc1ccc(CC(N)C(=O)N(C)c2ccc3c(c2)OCO3)cc1. The van der Waals surface area contributed by atoms with Gasteiger partial charge in [-0.1, -0.05) is 12.1 Å². The van der Waals surface area contributed by atoms with E-state index in [0.717, 1.165) is 5.56 Å². The lowest BCUT2D eigenvalue weighted by atomic mass is 10.0. The summed E-state index contributed by atoms with van der Waals surface area (Å²) in [5.41, 5.74) is 8.42. The molecule has 0 radical (unpaired) electrons. The molecule has 0 bridgehead atoms. The number of likely N-dealkylation sites (N-methyl/N-ethyl adjacent to an activating group) is 1. The molecule has 1 aliphatic rings. The average molecular weight is 355 g/mol. The first-order valence-electron chi connectivity index (χ1n) is 8.23. The van der Waals surface area contributed by atoms with E-state index in [4.69, 9.17) is 15.2 Å². The average Bonchev–Trinajstić information content (AvgIpc) is 3.09.